The van der Waals surface area contributed by atoms with Gasteiger partial charge in [0.2, 0.25) is 17.8 Å². The zero-order valence-corrected chi connectivity index (χ0v) is 16.1. The first-order chi connectivity index (χ1) is 13.6. The van der Waals surface area contributed by atoms with Gasteiger partial charge < -0.3 is 15.1 Å². The first-order valence-corrected chi connectivity index (χ1v) is 9.82. The van der Waals surface area contributed by atoms with Crippen LogP contribution in [0.2, 0.25) is 0 Å². The standard InChI is InChI=1S/C21H25N5O2/c1-15-4-6-18(7-5-15)26-14-16(12-19(26)27)20(28)23-13-17-8-9-22-21(24-17)25-10-2-3-11-25/h4-9,16H,2-3,10-14H2,1H3,(H,23,28). The van der Waals surface area contributed by atoms with Crippen molar-refractivity contribution in [1.29, 1.82) is 0 Å². The highest BCUT2D eigenvalue weighted by atomic mass is 16.2. The third-order valence-electron chi connectivity index (χ3n) is 5.37. The molecule has 2 fully saturated rings. The molecule has 3 heterocycles. The molecule has 1 N–H and O–H groups in total. The van der Waals surface area contributed by atoms with Crippen LogP contribution in [0.4, 0.5) is 11.6 Å². The van der Waals surface area contributed by atoms with Crippen molar-refractivity contribution in [2.75, 3.05) is 29.4 Å². The maximum Gasteiger partial charge on any atom is 0.227 e. The monoisotopic (exact) mass is 379 g/mol. The molecule has 1 aromatic carbocycles. The number of rotatable bonds is 5. The van der Waals surface area contributed by atoms with Crippen molar-refractivity contribution in [2.24, 2.45) is 5.92 Å². The van der Waals surface area contributed by atoms with Crippen LogP contribution in [-0.2, 0) is 16.1 Å². The van der Waals surface area contributed by atoms with Crippen LogP contribution < -0.4 is 15.1 Å². The molecule has 1 aromatic heterocycles. The summed E-state index contributed by atoms with van der Waals surface area (Å²) in [5.41, 5.74) is 2.77. The number of carbonyl (C=O) groups is 2. The second kappa shape index (κ2) is 7.96. The van der Waals surface area contributed by atoms with E-state index in [9.17, 15) is 9.59 Å². The Labute approximate surface area is 164 Å². The van der Waals surface area contributed by atoms with Crippen LogP contribution in [0.25, 0.3) is 0 Å². The highest BCUT2D eigenvalue weighted by molar-refractivity contribution is 6.00. The van der Waals surface area contributed by atoms with Crippen molar-refractivity contribution in [3.63, 3.8) is 0 Å². The Morgan fingerprint density at radius 1 is 1.18 bits per heavy atom. The number of anilines is 2. The number of nitrogens with zero attached hydrogens (tertiary/aromatic N) is 4. The normalized spacial score (nSPS) is 19.3. The van der Waals surface area contributed by atoms with Crippen molar-refractivity contribution in [3.8, 4) is 0 Å². The van der Waals surface area contributed by atoms with Gasteiger partial charge >= 0.3 is 0 Å². The molecule has 2 aromatic rings. The van der Waals surface area contributed by atoms with Crippen LogP contribution in [0, 0.1) is 12.8 Å². The number of nitrogens with one attached hydrogen (secondary N) is 1. The van der Waals surface area contributed by atoms with Gasteiger partial charge in [0.25, 0.3) is 0 Å². The molecule has 0 bridgehead atoms. The minimum atomic E-state index is -0.339. The van der Waals surface area contributed by atoms with E-state index in [2.05, 4.69) is 20.2 Å². The van der Waals surface area contributed by atoms with Crippen molar-refractivity contribution >= 4 is 23.5 Å². The molecule has 0 spiro atoms. The van der Waals surface area contributed by atoms with Gasteiger partial charge in [-0.05, 0) is 38.0 Å². The topological polar surface area (TPSA) is 78.4 Å². The van der Waals surface area contributed by atoms with E-state index in [1.54, 1.807) is 11.1 Å². The molecule has 28 heavy (non-hydrogen) atoms. The van der Waals surface area contributed by atoms with Crippen LogP contribution in [0.3, 0.4) is 0 Å². The van der Waals surface area contributed by atoms with E-state index in [0.29, 0.717) is 13.1 Å². The van der Waals surface area contributed by atoms with Crippen LogP contribution in [0.15, 0.2) is 36.5 Å². The number of aryl methyl sites for hydroxylation is 1. The zero-order valence-electron chi connectivity index (χ0n) is 16.1. The van der Waals surface area contributed by atoms with E-state index in [1.165, 1.54) is 0 Å². The molecule has 7 heteroatoms. The van der Waals surface area contributed by atoms with E-state index >= 15 is 0 Å². The Morgan fingerprint density at radius 3 is 2.68 bits per heavy atom. The van der Waals surface area contributed by atoms with Gasteiger partial charge in [-0.1, -0.05) is 17.7 Å². The second-order valence-electron chi connectivity index (χ2n) is 7.50. The fraction of sp³-hybridized carbons (Fsp3) is 0.429. The van der Waals surface area contributed by atoms with Crippen molar-refractivity contribution in [2.45, 2.75) is 32.7 Å². The first kappa shape index (κ1) is 18.4. The Bertz CT molecular complexity index is 861. The minimum absolute atomic E-state index is 0.0117. The summed E-state index contributed by atoms with van der Waals surface area (Å²) in [7, 11) is 0. The Kier molecular flexibility index (Phi) is 5.23. The SMILES string of the molecule is Cc1ccc(N2CC(C(=O)NCc3ccnc(N4CCCC4)n3)CC2=O)cc1. The Hall–Kier alpha value is -2.96. The largest absolute Gasteiger partial charge is 0.350 e. The molecule has 2 saturated heterocycles. The van der Waals surface area contributed by atoms with E-state index in [0.717, 1.165) is 48.8 Å². The van der Waals surface area contributed by atoms with E-state index in [4.69, 9.17) is 0 Å². The third kappa shape index (κ3) is 3.98. The summed E-state index contributed by atoms with van der Waals surface area (Å²) in [5.74, 6) is 0.270. The lowest BCUT2D eigenvalue weighted by atomic mass is 10.1. The molecule has 146 valence electrons. The van der Waals surface area contributed by atoms with Gasteiger partial charge in [-0.3, -0.25) is 9.59 Å². The maximum absolute atomic E-state index is 12.6. The number of carbonyl (C=O) groups excluding carboxylic acids is 2. The molecule has 1 unspecified atom stereocenters. The Balaban J connectivity index is 1.35. The van der Waals surface area contributed by atoms with Gasteiger partial charge in [0.15, 0.2) is 0 Å². The summed E-state index contributed by atoms with van der Waals surface area (Å²) >= 11 is 0. The predicted octanol–water partition coefficient (Wildman–Crippen LogP) is 2.05. The molecule has 1 atom stereocenters. The molecule has 0 aliphatic carbocycles. The van der Waals surface area contributed by atoms with Gasteiger partial charge in [-0.15, -0.1) is 0 Å². The van der Waals surface area contributed by atoms with Gasteiger partial charge in [-0.25, -0.2) is 9.97 Å². The molecule has 0 saturated carbocycles. The Morgan fingerprint density at radius 2 is 1.93 bits per heavy atom. The molecule has 2 aliphatic heterocycles. The zero-order chi connectivity index (χ0) is 19.5. The smallest absolute Gasteiger partial charge is 0.227 e. The van der Waals surface area contributed by atoms with Gasteiger partial charge in [0.1, 0.15) is 0 Å². The summed E-state index contributed by atoms with van der Waals surface area (Å²) in [6.45, 7) is 4.73. The first-order valence-electron chi connectivity index (χ1n) is 9.82. The highest BCUT2D eigenvalue weighted by Crippen LogP contribution is 2.25. The van der Waals surface area contributed by atoms with E-state index in [1.807, 2.05) is 37.3 Å². The fourth-order valence-electron chi connectivity index (χ4n) is 3.73. The number of hydrogen-bond acceptors (Lipinski definition) is 5. The number of benzene rings is 1. The second-order valence-corrected chi connectivity index (χ2v) is 7.50. The molecular formula is C21H25N5O2. The maximum atomic E-state index is 12.6. The lowest BCUT2D eigenvalue weighted by Crippen LogP contribution is -2.33. The number of hydrogen-bond donors (Lipinski definition) is 1. The van der Waals surface area contributed by atoms with Crippen LogP contribution in [0.5, 0.6) is 0 Å². The summed E-state index contributed by atoms with van der Waals surface area (Å²) in [4.78, 5) is 37.7. The molecular weight excluding hydrogens is 354 g/mol. The average Bonchev–Trinajstić information content (AvgIpc) is 3.37. The summed E-state index contributed by atoms with van der Waals surface area (Å²) in [6, 6.07) is 9.62. The summed E-state index contributed by atoms with van der Waals surface area (Å²) < 4.78 is 0. The number of aromatic nitrogens is 2. The molecule has 2 amide bonds. The van der Waals surface area contributed by atoms with Crippen molar-refractivity contribution < 1.29 is 9.59 Å². The number of amides is 2. The van der Waals surface area contributed by atoms with Gasteiger partial charge in [-0.2, -0.15) is 0 Å². The van der Waals surface area contributed by atoms with Crippen molar-refractivity contribution in [3.05, 3.63) is 47.8 Å². The van der Waals surface area contributed by atoms with Crippen LogP contribution >= 0.6 is 0 Å². The molecule has 4 rings (SSSR count). The quantitative estimate of drug-likeness (QED) is 0.860. The third-order valence-corrected chi connectivity index (χ3v) is 5.37. The summed E-state index contributed by atoms with van der Waals surface area (Å²) in [5, 5.41) is 2.93. The lowest BCUT2D eigenvalue weighted by molar-refractivity contribution is -0.126. The lowest BCUT2D eigenvalue weighted by Gasteiger charge is -2.17. The minimum Gasteiger partial charge on any atom is -0.350 e. The van der Waals surface area contributed by atoms with E-state index < -0.39 is 0 Å². The molecule has 0 radical (unpaired) electrons. The fourth-order valence-corrected chi connectivity index (χ4v) is 3.73. The predicted molar refractivity (Wildman–Crippen MR) is 107 cm³/mol. The van der Waals surface area contributed by atoms with E-state index in [-0.39, 0.29) is 24.2 Å². The molecule has 7 nitrogen and oxygen atoms in total. The summed E-state index contributed by atoms with van der Waals surface area (Å²) in [6.07, 6.45) is 4.30. The van der Waals surface area contributed by atoms with Gasteiger partial charge in [0, 0.05) is 37.9 Å². The van der Waals surface area contributed by atoms with Crippen molar-refractivity contribution in [1.82, 2.24) is 15.3 Å². The highest BCUT2D eigenvalue weighted by Gasteiger charge is 2.35. The van der Waals surface area contributed by atoms with Crippen LogP contribution in [0.1, 0.15) is 30.5 Å². The molecule has 2 aliphatic rings. The average molecular weight is 379 g/mol. The van der Waals surface area contributed by atoms with Gasteiger partial charge in [0.05, 0.1) is 18.2 Å². The van der Waals surface area contributed by atoms with Crippen LogP contribution in [-0.4, -0.2) is 41.4 Å².